The summed E-state index contributed by atoms with van der Waals surface area (Å²) in [5.74, 6) is -1.97. The maximum atomic E-state index is 13.2. The number of carbonyl (C=O) groups is 1. The van der Waals surface area contributed by atoms with Crippen molar-refractivity contribution in [2.75, 3.05) is 10.6 Å². The van der Waals surface area contributed by atoms with Gasteiger partial charge in [-0.15, -0.1) is 0 Å². The summed E-state index contributed by atoms with van der Waals surface area (Å²) in [7, 11) is 0. The number of carbonyl (C=O) groups excluding carboxylic acids is 1. The third-order valence-electron chi connectivity index (χ3n) is 3.55. The van der Waals surface area contributed by atoms with Crippen molar-refractivity contribution in [1.82, 2.24) is 4.57 Å². The molecule has 2 N–H and O–H groups in total. The molecule has 0 aliphatic rings. The fourth-order valence-corrected chi connectivity index (χ4v) is 2.47. The van der Waals surface area contributed by atoms with Gasteiger partial charge in [0.05, 0.1) is 11.2 Å². The van der Waals surface area contributed by atoms with E-state index in [4.69, 9.17) is 0 Å². The van der Waals surface area contributed by atoms with Gasteiger partial charge in [-0.1, -0.05) is 18.2 Å². The summed E-state index contributed by atoms with van der Waals surface area (Å²) in [4.78, 5) is 12.1. The molecule has 23 heavy (non-hydrogen) atoms. The minimum atomic E-state index is -1.01. The van der Waals surface area contributed by atoms with Crippen LogP contribution in [0.1, 0.15) is 6.92 Å². The van der Waals surface area contributed by atoms with Gasteiger partial charge in [-0.2, -0.15) is 0 Å². The van der Waals surface area contributed by atoms with E-state index >= 15 is 0 Å². The van der Waals surface area contributed by atoms with E-state index in [9.17, 15) is 13.6 Å². The van der Waals surface area contributed by atoms with Crippen LogP contribution >= 0.6 is 0 Å². The highest BCUT2D eigenvalue weighted by Crippen LogP contribution is 2.26. The number of benzene rings is 2. The van der Waals surface area contributed by atoms with E-state index in [1.807, 2.05) is 42.0 Å². The van der Waals surface area contributed by atoms with Gasteiger partial charge in [0.25, 0.3) is 0 Å². The number of nitrogens with zero attached hydrogens (tertiary/aromatic N) is 1. The van der Waals surface area contributed by atoms with Crippen LogP contribution in [0.2, 0.25) is 0 Å². The molecule has 3 rings (SSSR count). The topological polar surface area (TPSA) is 46.1 Å². The van der Waals surface area contributed by atoms with Gasteiger partial charge in [0, 0.05) is 29.9 Å². The van der Waals surface area contributed by atoms with E-state index in [0.717, 1.165) is 29.6 Å². The molecule has 2 aromatic carbocycles. The molecule has 0 aliphatic carbocycles. The molecule has 0 radical (unpaired) electrons. The number of aryl methyl sites for hydroxylation is 1. The Labute approximate surface area is 131 Å². The van der Waals surface area contributed by atoms with Crippen molar-refractivity contribution in [3.63, 3.8) is 0 Å². The molecule has 0 bridgehead atoms. The molecular formula is C17H15F2N3O. The zero-order valence-corrected chi connectivity index (χ0v) is 12.4. The Morgan fingerprint density at radius 2 is 1.87 bits per heavy atom. The van der Waals surface area contributed by atoms with E-state index in [0.29, 0.717) is 5.69 Å². The van der Waals surface area contributed by atoms with Crippen LogP contribution in [0.15, 0.2) is 48.7 Å². The number of anilines is 2. The van der Waals surface area contributed by atoms with E-state index in [-0.39, 0.29) is 5.69 Å². The van der Waals surface area contributed by atoms with Crippen molar-refractivity contribution in [3.8, 4) is 0 Å². The first-order valence-corrected chi connectivity index (χ1v) is 7.19. The molecular weight excluding hydrogens is 300 g/mol. The molecule has 1 aromatic heterocycles. The summed E-state index contributed by atoms with van der Waals surface area (Å²) < 4.78 is 28.1. The lowest BCUT2D eigenvalue weighted by molar-refractivity contribution is 0.262. The lowest BCUT2D eigenvalue weighted by atomic mass is 10.2. The Hall–Kier alpha value is -2.89. The molecule has 0 atom stereocenters. The highest BCUT2D eigenvalue weighted by Gasteiger charge is 2.11. The van der Waals surface area contributed by atoms with Crippen LogP contribution < -0.4 is 10.6 Å². The van der Waals surface area contributed by atoms with E-state index in [1.54, 1.807) is 0 Å². The van der Waals surface area contributed by atoms with Gasteiger partial charge in [0.1, 0.15) is 0 Å². The number of amides is 2. The fraction of sp³-hybridized carbons (Fsp3) is 0.118. The van der Waals surface area contributed by atoms with Gasteiger partial charge in [0.15, 0.2) is 11.6 Å². The minimum absolute atomic E-state index is 0.181. The lowest BCUT2D eigenvalue weighted by Gasteiger charge is -2.07. The number of hydrogen-bond donors (Lipinski definition) is 2. The van der Waals surface area contributed by atoms with Gasteiger partial charge in [-0.3, -0.25) is 0 Å². The van der Waals surface area contributed by atoms with Crippen molar-refractivity contribution < 1.29 is 13.6 Å². The SMILES string of the molecule is CCn1cc(NC(=O)Nc2ccc(F)c(F)c2)c2ccccc21. The van der Waals surface area contributed by atoms with Crippen LogP contribution in [0.3, 0.4) is 0 Å². The molecule has 2 amide bonds. The summed E-state index contributed by atoms with van der Waals surface area (Å²) >= 11 is 0. The second-order valence-corrected chi connectivity index (χ2v) is 5.05. The maximum Gasteiger partial charge on any atom is 0.323 e. The molecule has 0 fully saturated rings. The van der Waals surface area contributed by atoms with Crippen molar-refractivity contribution in [2.24, 2.45) is 0 Å². The quantitative estimate of drug-likeness (QED) is 0.730. The van der Waals surface area contributed by atoms with E-state index < -0.39 is 17.7 Å². The van der Waals surface area contributed by atoms with Crippen LogP contribution in [-0.2, 0) is 6.54 Å². The molecule has 0 aliphatic heterocycles. The van der Waals surface area contributed by atoms with Gasteiger partial charge in [-0.05, 0) is 25.1 Å². The average molecular weight is 315 g/mol. The number of hydrogen-bond acceptors (Lipinski definition) is 1. The Morgan fingerprint density at radius 3 is 2.61 bits per heavy atom. The standard InChI is InChI=1S/C17H15F2N3O/c1-2-22-10-15(12-5-3-4-6-16(12)22)21-17(23)20-11-7-8-13(18)14(19)9-11/h3-10H,2H2,1H3,(H2,20,21,23). The summed E-state index contributed by atoms with van der Waals surface area (Å²) in [6.45, 7) is 2.78. The minimum Gasteiger partial charge on any atom is -0.346 e. The molecule has 0 spiro atoms. The lowest BCUT2D eigenvalue weighted by Crippen LogP contribution is -2.19. The van der Waals surface area contributed by atoms with Crippen molar-refractivity contribution in [2.45, 2.75) is 13.5 Å². The highest BCUT2D eigenvalue weighted by atomic mass is 19.2. The molecule has 3 aromatic rings. The van der Waals surface area contributed by atoms with Gasteiger partial charge in [0.2, 0.25) is 0 Å². The molecule has 1 heterocycles. The van der Waals surface area contributed by atoms with Gasteiger partial charge in [-0.25, -0.2) is 13.6 Å². The van der Waals surface area contributed by atoms with Gasteiger partial charge >= 0.3 is 6.03 Å². The molecule has 4 nitrogen and oxygen atoms in total. The predicted molar refractivity (Wildman–Crippen MR) is 86.6 cm³/mol. The van der Waals surface area contributed by atoms with Crippen LogP contribution in [0.5, 0.6) is 0 Å². The summed E-state index contributed by atoms with van der Waals surface area (Å²) in [6.07, 6.45) is 1.84. The van der Waals surface area contributed by atoms with Crippen molar-refractivity contribution in [3.05, 3.63) is 60.3 Å². The van der Waals surface area contributed by atoms with E-state index in [1.165, 1.54) is 6.07 Å². The van der Waals surface area contributed by atoms with E-state index in [2.05, 4.69) is 10.6 Å². The number of aromatic nitrogens is 1. The van der Waals surface area contributed by atoms with Crippen molar-refractivity contribution >= 4 is 28.3 Å². The third kappa shape index (κ3) is 3.01. The Bertz CT molecular complexity index is 873. The molecule has 118 valence electrons. The van der Waals surface area contributed by atoms with Crippen LogP contribution in [0.4, 0.5) is 25.0 Å². The average Bonchev–Trinajstić information content (AvgIpc) is 2.89. The first kappa shape index (κ1) is 15.0. The normalized spacial score (nSPS) is 10.7. The number of halogens is 2. The third-order valence-corrected chi connectivity index (χ3v) is 3.55. The molecule has 0 unspecified atom stereocenters. The Morgan fingerprint density at radius 1 is 1.09 bits per heavy atom. The molecule has 6 heteroatoms. The van der Waals surface area contributed by atoms with Crippen LogP contribution in [-0.4, -0.2) is 10.6 Å². The summed E-state index contributed by atoms with van der Waals surface area (Å²) in [5.41, 5.74) is 1.85. The maximum absolute atomic E-state index is 13.2. The number of urea groups is 1. The van der Waals surface area contributed by atoms with Crippen LogP contribution in [0.25, 0.3) is 10.9 Å². The first-order valence-electron chi connectivity index (χ1n) is 7.19. The first-order chi connectivity index (χ1) is 11.1. The second-order valence-electron chi connectivity index (χ2n) is 5.05. The zero-order valence-electron chi connectivity index (χ0n) is 12.4. The highest BCUT2D eigenvalue weighted by molar-refractivity contribution is 6.06. The Balaban J connectivity index is 1.81. The molecule has 0 saturated carbocycles. The second kappa shape index (κ2) is 6.08. The monoisotopic (exact) mass is 315 g/mol. The Kier molecular flexibility index (Phi) is 3.97. The fourth-order valence-electron chi connectivity index (χ4n) is 2.47. The zero-order chi connectivity index (χ0) is 16.4. The molecule has 0 saturated heterocycles. The number of nitrogens with one attached hydrogen (secondary N) is 2. The van der Waals surface area contributed by atoms with Crippen molar-refractivity contribution in [1.29, 1.82) is 0 Å². The smallest absolute Gasteiger partial charge is 0.323 e. The summed E-state index contributed by atoms with van der Waals surface area (Å²) in [5, 5.41) is 6.13. The van der Waals surface area contributed by atoms with Gasteiger partial charge < -0.3 is 15.2 Å². The summed E-state index contributed by atoms with van der Waals surface area (Å²) in [6, 6.07) is 10.4. The predicted octanol–water partition coefficient (Wildman–Crippen LogP) is 4.58. The largest absolute Gasteiger partial charge is 0.346 e. The number of para-hydroxylation sites is 1. The number of fused-ring (bicyclic) bond motifs is 1. The number of rotatable bonds is 3. The van der Waals surface area contributed by atoms with Crippen LogP contribution in [0, 0.1) is 11.6 Å².